The molecule has 0 spiro atoms. The number of carbonyl (C=O) groups excluding carboxylic acids is 2. The standard InChI is InChI=1S/C26H24O5/c1-17-19(9-8-18-14-24(29-2)23(16-27)25(15-18)30-3)6-5-7-22(17)20-10-12-21(13-11-20)26(28)31-4/h5-16H,1-4H3/b9-8+. The molecule has 0 aromatic heterocycles. The molecule has 0 unspecified atom stereocenters. The third-order valence-corrected chi connectivity index (χ3v) is 5.13. The van der Waals surface area contributed by atoms with Crippen molar-refractivity contribution in [2.75, 3.05) is 21.3 Å². The smallest absolute Gasteiger partial charge is 0.337 e. The molecule has 0 heterocycles. The second-order valence-electron chi connectivity index (χ2n) is 6.88. The van der Waals surface area contributed by atoms with Crippen molar-refractivity contribution in [3.63, 3.8) is 0 Å². The van der Waals surface area contributed by atoms with Gasteiger partial charge in [-0.25, -0.2) is 4.79 Å². The Balaban J connectivity index is 1.94. The van der Waals surface area contributed by atoms with E-state index in [0.717, 1.165) is 34.1 Å². The fourth-order valence-electron chi connectivity index (χ4n) is 3.41. The molecule has 3 aromatic rings. The largest absolute Gasteiger partial charge is 0.496 e. The van der Waals surface area contributed by atoms with Gasteiger partial charge in [-0.3, -0.25) is 4.79 Å². The van der Waals surface area contributed by atoms with Crippen LogP contribution < -0.4 is 9.47 Å². The highest BCUT2D eigenvalue weighted by molar-refractivity contribution is 5.90. The Labute approximate surface area is 181 Å². The lowest BCUT2D eigenvalue weighted by atomic mass is 9.95. The molecule has 0 saturated heterocycles. The molecule has 0 radical (unpaired) electrons. The molecular formula is C26H24O5. The summed E-state index contributed by atoms with van der Waals surface area (Å²) in [7, 11) is 4.41. The Morgan fingerprint density at radius 2 is 1.52 bits per heavy atom. The van der Waals surface area contributed by atoms with E-state index in [-0.39, 0.29) is 5.97 Å². The van der Waals surface area contributed by atoms with Crippen LogP contribution in [0.25, 0.3) is 23.3 Å². The predicted molar refractivity (Wildman–Crippen MR) is 122 cm³/mol. The monoisotopic (exact) mass is 416 g/mol. The van der Waals surface area contributed by atoms with E-state index in [9.17, 15) is 9.59 Å². The summed E-state index contributed by atoms with van der Waals surface area (Å²) in [5.74, 6) is 0.571. The molecule has 0 aliphatic carbocycles. The van der Waals surface area contributed by atoms with Gasteiger partial charge in [0.05, 0.1) is 32.5 Å². The van der Waals surface area contributed by atoms with Gasteiger partial charge in [0.15, 0.2) is 6.29 Å². The topological polar surface area (TPSA) is 61.8 Å². The second-order valence-corrected chi connectivity index (χ2v) is 6.88. The number of hydrogen-bond donors (Lipinski definition) is 0. The summed E-state index contributed by atoms with van der Waals surface area (Å²) in [6.45, 7) is 2.06. The summed E-state index contributed by atoms with van der Waals surface area (Å²) in [5.41, 5.74) is 5.99. The van der Waals surface area contributed by atoms with Gasteiger partial charge in [0.1, 0.15) is 11.5 Å². The van der Waals surface area contributed by atoms with Gasteiger partial charge >= 0.3 is 5.97 Å². The molecule has 158 valence electrons. The molecule has 5 heteroatoms. The molecule has 3 aromatic carbocycles. The van der Waals surface area contributed by atoms with Crippen LogP contribution in [0.5, 0.6) is 11.5 Å². The van der Waals surface area contributed by atoms with E-state index in [2.05, 4.69) is 6.92 Å². The first-order chi connectivity index (χ1) is 15.0. The third kappa shape index (κ3) is 4.67. The van der Waals surface area contributed by atoms with Crippen LogP contribution in [-0.4, -0.2) is 33.6 Å². The lowest BCUT2D eigenvalue weighted by molar-refractivity contribution is 0.0600. The minimum absolute atomic E-state index is 0.355. The summed E-state index contributed by atoms with van der Waals surface area (Å²) >= 11 is 0. The van der Waals surface area contributed by atoms with Crippen LogP contribution in [0.4, 0.5) is 0 Å². The quantitative estimate of drug-likeness (QED) is 0.291. The van der Waals surface area contributed by atoms with Crippen LogP contribution >= 0.6 is 0 Å². The Morgan fingerprint density at radius 3 is 2.06 bits per heavy atom. The Hall–Kier alpha value is -3.86. The van der Waals surface area contributed by atoms with Crippen molar-refractivity contribution in [2.45, 2.75) is 6.92 Å². The maximum absolute atomic E-state index is 11.7. The Bertz CT molecular complexity index is 1100. The molecule has 31 heavy (non-hydrogen) atoms. The number of aldehydes is 1. The van der Waals surface area contributed by atoms with E-state index in [0.29, 0.717) is 22.6 Å². The number of methoxy groups -OCH3 is 3. The van der Waals surface area contributed by atoms with Crippen LogP contribution in [0.15, 0.2) is 54.6 Å². The number of benzene rings is 3. The number of hydrogen-bond acceptors (Lipinski definition) is 5. The lowest BCUT2D eigenvalue weighted by Crippen LogP contribution is -2.00. The van der Waals surface area contributed by atoms with E-state index < -0.39 is 0 Å². The summed E-state index contributed by atoms with van der Waals surface area (Å²) in [5, 5.41) is 0. The predicted octanol–water partition coefficient (Wildman–Crippen LogP) is 5.45. The van der Waals surface area contributed by atoms with Gasteiger partial charge in [-0.1, -0.05) is 42.5 Å². The highest BCUT2D eigenvalue weighted by Gasteiger charge is 2.11. The van der Waals surface area contributed by atoms with Crippen molar-refractivity contribution in [1.82, 2.24) is 0 Å². The first-order valence-corrected chi connectivity index (χ1v) is 9.70. The average Bonchev–Trinajstić information content (AvgIpc) is 2.82. The minimum atomic E-state index is -0.355. The van der Waals surface area contributed by atoms with Crippen LogP contribution in [0.3, 0.4) is 0 Å². The SMILES string of the molecule is COC(=O)c1ccc(-c2cccc(/C=C/c3cc(OC)c(C=O)c(OC)c3)c2C)cc1. The van der Waals surface area contributed by atoms with Crippen molar-refractivity contribution in [1.29, 1.82) is 0 Å². The fourth-order valence-corrected chi connectivity index (χ4v) is 3.41. The van der Waals surface area contributed by atoms with E-state index in [1.165, 1.54) is 21.3 Å². The summed E-state index contributed by atoms with van der Waals surface area (Å²) in [4.78, 5) is 23.0. The van der Waals surface area contributed by atoms with Crippen molar-refractivity contribution >= 4 is 24.4 Å². The molecule has 0 atom stereocenters. The average molecular weight is 416 g/mol. The Kier molecular flexibility index (Phi) is 6.88. The second kappa shape index (κ2) is 9.76. The molecular weight excluding hydrogens is 392 g/mol. The highest BCUT2D eigenvalue weighted by atomic mass is 16.5. The molecule has 0 aliphatic heterocycles. The van der Waals surface area contributed by atoms with Gasteiger partial charge in [-0.05, 0) is 59.0 Å². The van der Waals surface area contributed by atoms with E-state index in [1.807, 2.05) is 42.5 Å². The summed E-state index contributed by atoms with van der Waals surface area (Å²) in [6.07, 6.45) is 4.69. The van der Waals surface area contributed by atoms with Crippen molar-refractivity contribution in [2.24, 2.45) is 0 Å². The third-order valence-electron chi connectivity index (χ3n) is 5.13. The molecule has 0 bridgehead atoms. The zero-order valence-corrected chi connectivity index (χ0v) is 18.0. The molecule has 0 fully saturated rings. The van der Waals surface area contributed by atoms with Gasteiger partial charge in [0, 0.05) is 0 Å². The van der Waals surface area contributed by atoms with Crippen LogP contribution in [0, 0.1) is 6.92 Å². The maximum Gasteiger partial charge on any atom is 0.337 e. The Morgan fingerprint density at radius 1 is 0.871 bits per heavy atom. The summed E-state index contributed by atoms with van der Waals surface area (Å²) in [6, 6.07) is 17.0. The van der Waals surface area contributed by atoms with Crippen molar-refractivity contribution in [3.05, 3.63) is 82.4 Å². The van der Waals surface area contributed by atoms with Crippen molar-refractivity contribution in [3.8, 4) is 22.6 Å². The van der Waals surface area contributed by atoms with E-state index in [1.54, 1.807) is 24.3 Å². The number of carbonyl (C=O) groups is 2. The molecule has 3 rings (SSSR count). The number of esters is 1. The van der Waals surface area contributed by atoms with Crippen LogP contribution in [0.1, 0.15) is 37.4 Å². The first-order valence-electron chi connectivity index (χ1n) is 9.70. The fraction of sp³-hybridized carbons (Fsp3) is 0.154. The van der Waals surface area contributed by atoms with Crippen molar-refractivity contribution < 1.29 is 23.8 Å². The molecule has 0 amide bonds. The molecule has 5 nitrogen and oxygen atoms in total. The lowest BCUT2D eigenvalue weighted by Gasteiger charge is -2.11. The van der Waals surface area contributed by atoms with Crippen LogP contribution in [0.2, 0.25) is 0 Å². The van der Waals surface area contributed by atoms with E-state index >= 15 is 0 Å². The first kappa shape index (κ1) is 21.8. The van der Waals surface area contributed by atoms with Gasteiger partial charge in [0.25, 0.3) is 0 Å². The number of ether oxygens (including phenoxy) is 3. The van der Waals surface area contributed by atoms with Crippen LogP contribution in [-0.2, 0) is 4.74 Å². The normalized spacial score (nSPS) is 10.7. The zero-order valence-electron chi connectivity index (χ0n) is 18.0. The molecule has 0 N–H and O–H groups in total. The molecule has 0 saturated carbocycles. The highest BCUT2D eigenvalue weighted by Crippen LogP contribution is 2.31. The van der Waals surface area contributed by atoms with Gasteiger partial charge in [0.2, 0.25) is 0 Å². The summed E-state index contributed by atoms with van der Waals surface area (Å²) < 4.78 is 15.4. The minimum Gasteiger partial charge on any atom is -0.496 e. The zero-order chi connectivity index (χ0) is 22.4. The van der Waals surface area contributed by atoms with Gasteiger partial charge in [-0.15, -0.1) is 0 Å². The van der Waals surface area contributed by atoms with E-state index in [4.69, 9.17) is 14.2 Å². The van der Waals surface area contributed by atoms with Gasteiger partial charge < -0.3 is 14.2 Å². The van der Waals surface area contributed by atoms with Gasteiger partial charge in [-0.2, -0.15) is 0 Å². The number of rotatable bonds is 7. The molecule has 0 aliphatic rings. The maximum atomic E-state index is 11.7.